The fourth-order valence-electron chi connectivity index (χ4n) is 0.471. The molecule has 0 aliphatic carbocycles. The predicted molar refractivity (Wildman–Crippen MR) is 31.1 cm³/mol. The Balaban J connectivity index is 3.25. The molecule has 0 amide bonds. The molecule has 1 radical (unpaired) electrons. The van der Waals surface area contributed by atoms with Crippen LogP contribution in [0.4, 0.5) is 4.39 Å². The Kier molecular flexibility index (Phi) is 4.01. The molecule has 0 aromatic carbocycles. The van der Waals surface area contributed by atoms with Gasteiger partial charge in [0.15, 0.2) is 0 Å². The van der Waals surface area contributed by atoms with Crippen molar-refractivity contribution in [3.8, 4) is 0 Å². The van der Waals surface area contributed by atoms with E-state index in [-0.39, 0.29) is 12.3 Å². The fourth-order valence-corrected chi connectivity index (χ4v) is 0.471. The third-order valence-corrected chi connectivity index (χ3v) is 0.833. The van der Waals surface area contributed by atoms with Crippen LogP contribution in [0.5, 0.6) is 0 Å². The normalized spacial score (nSPS) is 13.3. The molecule has 0 rings (SSSR count). The monoisotopic (exact) mass is 133 g/mol. The molecule has 0 aliphatic heterocycles. The lowest BCUT2D eigenvalue weighted by Crippen LogP contribution is -2.07. The zero-order valence-corrected chi connectivity index (χ0v) is 5.56. The van der Waals surface area contributed by atoms with Crippen LogP contribution in [-0.4, -0.2) is 12.8 Å². The summed E-state index contributed by atoms with van der Waals surface area (Å²) in [4.78, 5) is 9.41. The van der Waals surface area contributed by atoms with E-state index < -0.39 is 6.36 Å². The number of halogens is 1. The van der Waals surface area contributed by atoms with Crippen molar-refractivity contribution in [2.75, 3.05) is 0 Å². The first-order valence-electron chi connectivity index (χ1n) is 2.83. The van der Waals surface area contributed by atoms with Gasteiger partial charge >= 0.3 is 6.47 Å². The second kappa shape index (κ2) is 4.30. The smallest absolute Gasteiger partial charge is 0.420 e. The highest BCUT2D eigenvalue weighted by molar-refractivity contribution is 5.38. The first-order chi connectivity index (χ1) is 4.16. The quantitative estimate of drug-likeness (QED) is 0.579. The summed E-state index contributed by atoms with van der Waals surface area (Å²) in [5.74, 6) is 0.202. The topological polar surface area (TPSA) is 26.3 Å². The van der Waals surface area contributed by atoms with E-state index in [2.05, 4.69) is 4.74 Å². The van der Waals surface area contributed by atoms with Crippen molar-refractivity contribution in [2.45, 2.75) is 26.6 Å². The second-order valence-electron chi connectivity index (χ2n) is 2.24. The lowest BCUT2D eigenvalue weighted by atomic mass is 10.1. The Morgan fingerprint density at radius 2 is 2.22 bits per heavy atom. The third kappa shape index (κ3) is 5.27. The summed E-state index contributed by atoms with van der Waals surface area (Å²) >= 11 is 0. The molecule has 1 atom stereocenters. The first-order valence-corrected chi connectivity index (χ1v) is 2.83. The van der Waals surface area contributed by atoms with Crippen LogP contribution in [0.25, 0.3) is 0 Å². The summed E-state index contributed by atoms with van der Waals surface area (Å²) in [5, 5.41) is 0. The van der Waals surface area contributed by atoms with E-state index in [4.69, 9.17) is 0 Å². The van der Waals surface area contributed by atoms with Crippen LogP contribution in [0.1, 0.15) is 20.3 Å². The van der Waals surface area contributed by atoms with Gasteiger partial charge in [-0.05, 0) is 5.92 Å². The summed E-state index contributed by atoms with van der Waals surface area (Å²) in [6, 6.07) is 0. The predicted octanol–water partition coefficient (Wildman–Crippen LogP) is 1.41. The van der Waals surface area contributed by atoms with Gasteiger partial charge in [-0.15, -0.1) is 0 Å². The van der Waals surface area contributed by atoms with Crippen LogP contribution in [0.2, 0.25) is 0 Å². The standard InChI is InChI=1S/C6H10FO2/c1-5(2)3-6(7)9-4-8/h5-6H,3H2,1-2H3. The van der Waals surface area contributed by atoms with Crippen molar-refractivity contribution in [1.82, 2.24) is 0 Å². The van der Waals surface area contributed by atoms with Gasteiger partial charge in [0.05, 0.1) is 0 Å². The third-order valence-electron chi connectivity index (χ3n) is 0.833. The molecule has 0 fully saturated rings. The van der Waals surface area contributed by atoms with Gasteiger partial charge in [0.2, 0.25) is 6.36 Å². The van der Waals surface area contributed by atoms with Gasteiger partial charge in [0, 0.05) is 6.42 Å². The zero-order valence-electron chi connectivity index (χ0n) is 5.56. The van der Waals surface area contributed by atoms with Gasteiger partial charge in [0.25, 0.3) is 0 Å². The summed E-state index contributed by atoms with van der Waals surface area (Å²) < 4.78 is 16.0. The Morgan fingerprint density at radius 3 is 2.56 bits per heavy atom. The van der Waals surface area contributed by atoms with Crippen LogP contribution in [0, 0.1) is 5.92 Å². The van der Waals surface area contributed by atoms with Crippen molar-refractivity contribution in [1.29, 1.82) is 0 Å². The number of hydrogen-bond donors (Lipinski definition) is 0. The van der Waals surface area contributed by atoms with E-state index in [0.29, 0.717) is 0 Å². The summed E-state index contributed by atoms with van der Waals surface area (Å²) in [5.41, 5.74) is 0. The van der Waals surface area contributed by atoms with Gasteiger partial charge < -0.3 is 4.74 Å². The van der Waals surface area contributed by atoms with Crippen LogP contribution in [0.15, 0.2) is 0 Å². The molecule has 0 spiro atoms. The lowest BCUT2D eigenvalue weighted by molar-refractivity contribution is 0.0336. The van der Waals surface area contributed by atoms with E-state index in [0.717, 1.165) is 6.47 Å². The van der Waals surface area contributed by atoms with Crippen LogP contribution < -0.4 is 0 Å². The molecule has 0 saturated carbocycles. The van der Waals surface area contributed by atoms with Gasteiger partial charge in [-0.3, -0.25) is 0 Å². The molecule has 2 nitrogen and oxygen atoms in total. The molecular weight excluding hydrogens is 123 g/mol. The fraction of sp³-hybridized carbons (Fsp3) is 0.833. The molecule has 0 saturated heterocycles. The molecule has 0 aliphatic rings. The number of ether oxygens (including phenoxy) is 1. The molecule has 0 bridgehead atoms. The lowest BCUT2D eigenvalue weighted by Gasteiger charge is -2.06. The maximum atomic E-state index is 12.2. The molecule has 0 aromatic rings. The van der Waals surface area contributed by atoms with E-state index in [9.17, 15) is 9.18 Å². The average molecular weight is 133 g/mol. The molecule has 9 heavy (non-hydrogen) atoms. The minimum Gasteiger partial charge on any atom is -0.423 e. The largest absolute Gasteiger partial charge is 0.423 e. The maximum Gasteiger partial charge on any atom is 0.420 e. The number of alkyl halides is 1. The highest BCUT2D eigenvalue weighted by atomic mass is 19.1. The Labute approximate surface area is 54.0 Å². The highest BCUT2D eigenvalue weighted by Gasteiger charge is 2.07. The van der Waals surface area contributed by atoms with Crippen molar-refractivity contribution in [2.24, 2.45) is 5.92 Å². The summed E-state index contributed by atoms with van der Waals surface area (Å²) in [6.45, 7) is 4.74. The minimum absolute atomic E-state index is 0.202. The SMILES string of the molecule is CC(C)CC(F)O[C]=O. The van der Waals surface area contributed by atoms with Crippen molar-refractivity contribution in [3.05, 3.63) is 0 Å². The molecule has 1 unspecified atom stereocenters. The van der Waals surface area contributed by atoms with Crippen molar-refractivity contribution in [3.63, 3.8) is 0 Å². The Bertz CT molecular complexity index is 83.1. The van der Waals surface area contributed by atoms with Gasteiger partial charge in [-0.2, -0.15) is 0 Å². The van der Waals surface area contributed by atoms with Crippen molar-refractivity contribution < 1.29 is 13.9 Å². The number of hydrogen-bond acceptors (Lipinski definition) is 2. The summed E-state index contributed by atoms with van der Waals surface area (Å²) in [7, 11) is 0. The van der Waals surface area contributed by atoms with Gasteiger partial charge in [-0.1, -0.05) is 13.8 Å². The molecule has 3 heteroatoms. The van der Waals surface area contributed by atoms with Crippen LogP contribution >= 0.6 is 0 Å². The summed E-state index contributed by atoms with van der Waals surface area (Å²) in [6.07, 6.45) is -1.24. The van der Waals surface area contributed by atoms with E-state index >= 15 is 0 Å². The van der Waals surface area contributed by atoms with E-state index in [1.54, 1.807) is 0 Å². The Hall–Kier alpha value is -0.600. The van der Waals surface area contributed by atoms with Crippen molar-refractivity contribution >= 4 is 6.47 Å². The van der Waals surface area contributed by atoms with E-state index in [1.165, 1.54) is 0 Å². The van der Waals surface area contributed by atoms with Crippen LogP contribution in [0.3, 0.4) is 0 Å². The highest BCUT2D eigenvalue weighted by Crippen LogP contribution is 2.07. The van der Waals surface area contributed by atoms with E-state index in [1.807, 2.05) is 13.8 Å². The van der Waals surface area contributed by atoms with Gasteiger partial charge in [0.1, 0.15) is 0 Å². The van der Waals surface area contributed by atoms with Gasteiger partial charge in [-0.25, -0.2) is 9.18 Å². The molecule has 0 heterocycles. The van der Waals surface area contributed by atoms with Crippen LogP contribution in [-0.2, 0) is 9.53 Å². The Morgan fingerprint density at radius 1 is 1.67 bits per heavy atom. The zero-order chi connectivity index (χ0) is 7.28. The first kappa shape index (κ1) is 8.40. The maximum absolute atomic E-state index is 12.2. The molecule has 53 valence electrons. The molecular formula is C6H10FO2. The average Bonchev–Trinajstić information content (AvgIpc) is 1.63. The molecule has 0 N–H and O–H groups in total. The number of carbonyl (C=O) groups excluding carboxylic acids is 1. The molecule has 0 aromatic heterocycles. The second-order valence-corrected chi connectivity index (χ2v) is 2.24. The number of rotatable bonds is 4. The minimum atomic E-state index is -1.48.